The number of fused-ring (bicyclic) bond motifs is 1. The number of aliphatic imine (C=N–C) groups is 1. The van der Waals surface area contributed by atoms with Crippen LogP contribution in [-0.4, -0.2) is 50.5 Å². The van der Waals surface area contributed by atoms with Gasteiger partial charge < -0.3 is 15.7 Å². The maximum Gasteiger partial charge on any atom is 0.254 e. The molecule has 30 heavy (non-hydrogen) atoms. The minimum absolute atomic E-state index is 0.292. The van der Waals surface area contributed by atoms with Gasteiger partial charge in [0.2, 0.25) is 0 Å². The Balaban J connectivity index is 1.98. The van der Waals surface area contributed by atoms with Crippen LogP contribution in [0.5, 0.6) is 0 Å². The third-order valence-corrected chi connectivity index (χ3v) is 5.31. The summed E-state index contributed by atoms with van der Waals surface area (Å²) in [6.45, 7) is 8.16. The zero-order valence-corrected chi connectivity index (χ0v) is 17.4. The Labute approximate surface area is 178 Å². The first-order valence-corrected chi connectivity index (χ1v) is 9.76. The molecule has 0 radical (unpaired) electrons. The summed E-state index contributed by atoms with van der Waals surface area (Å²) < 4.78 is 1.63. The molecule has 1 aliphatic heterocycles. The lowest BCUT2D eigenvalue weighted by Gasteiger charge is -2.38. The van der Waals surface area contributed by atoms with E-state index in [0.29, 0.717) is 46.4 Å². The van der Waals surface area contributed by atoms with Gasteiger partial charge in [-0.15, -0.1) is 0 Å². The molecule has 0 bridgehead atoms. The number of anilines is 1. The number of hydrogen-bond donors (Lipinski definition) is 2. The summed E-state index contributed by atoms with van der Waals surface area (Å²) in [5, 5.41) is 15.0. The van der Waals surface area contributed by atoms with Gasteiger partial charge in [-0.3, -0.25) is 9.79 Å². The number of hydrogen-bond acceptors (Lipinski definition) is 6. The minimum Gasteiger partial charge on any atom is -0.389 e. The van der Waals surface area contributed by atoms with E-state index in [2.05, 4.69) is 21.7 Å². The van der Waals surface area contributed by atoms with Gasteiger partial charge in [-0.2, -0.15) is 9.61 Å². The Kier molecular flexibility index (Phi) is 5.05. The normalized spacial score (nSPS) is 19.5. The van der Waals surface area contributed by atoms with Crippen molar-refractivity contribution in [3.8, 4) is 0 Å². The molecule has 1 fully saturated rings. The molecule has 1 aliphatic carbocycles. The molecule has 2 aromatic rings. The van der Waals surface area contributed by atoms with E-state index < -0.39 is 12.0 Å². The van der Waals surface area contributed by atoms with E-state index in [1.165, 1.54) is 6.20 Å². The number of aryl methyl sites for hydroxylation is 2. The average Bonchev–Trinajstić information content (AvgIpc) is 2.97. The zero-order chi connectivity index (χ0) is 21.6. The average molecular weight is 425 g/mol. The molecule has 0 unspecified atom stereocenters. The van der Waals surface area contributed by atoms with Crippen molar-refractivity contribution in [3.05, 3.63) is 64.1 Å². The number of primary amides is 1. The van der Waals surface area contributed by atoms with Crippen molar-refractivity contribution in [2.75, 3.05) is 18.0 Å². The van der Waals surface area contributed by atoms with Crippen molar-refractivity contribution in [3.63, 3.8) is 0 Å². The molecule has 0 atom stereocenters. The highest BCUT2D eigenvalue weighted by Gasteiger charge is 2.31. The standard InChI is InChI=1S/C21H21ClN6O2/c1-4-24-17-8-14(22)6-5-13(17)7-16-11(2)25-20-18(19(23)30)12(3)26-28(20)21(16)27-9-15(29)10-27/h4-8,15,29H,1,9-10H2,2-3H3,(H2,23,30)/b13-7+,24-17?. The van der Waals surface area contributed by atoms with Crippen molar-refractivity contribution in [1.82, 2.24) is 14.6 Å². The molecule has 0 aromatic carbocycles. The summed E-state index contributed by atoms with van der Waals surface area (Å²) in [7, 11) is 0. The molecular weight excluding hydrogens is 404 g/mol. The van der Waals surface area contributed by atoms with Crippen molar-refractivity contribution in [2.24, 2.45) is 10.7 Å². The Bertz CT molecular complexity index is 1200. The lowest BCUT2D eigenvalue weighted by molar-refractivity contribution is 0.100. The van der Waals surface area contributed by atoms with Gasteiger partial charge in [-0.05, 0) is 32.1 Å². The molecule has 1 saturated heterocycles. The maximum absolute atomic E-state index is 12.0. The number of nitrogens with two attached hydrogens (primary N) is 1. The second-order valence-electron chi connectivity index (χ2n) is 7.21. The molecule has 0 saturated carbocycles. The van der Waals surface area contributed by atoms with Crippen LogP contribution in [0.1, 0.15) is 27.3 Å². The Morgan fingerprint density at radius 1 is 1.37 bits per heavy atom. The van der Waals surface area contributed by atoms with Gasteiger partial charge in [0.15, 0.2) is 5.65 Å². The van der Waals surface area contributed by atoms with Crippen LogP contribution in [0.3, 0.4) is 0 Å². The highest BCUT2D eigenvalue weighted by Crippen LogP contribution is 2.32. The Morgan fingerprint density at radius 2 is 2.10 bits per heavy atom. The summed E-state index contributed by atoms with van der Waals surface area (Å²) in [5.74, 6) is 0.156. The summed E-state index contributed by atoms with van der Waals surface area (Å²) in [6.07, 6.45) is 8.39. The first-order valence-electron chi connectivity index (χ1n) is 9.39. The molecule has 9 heteroatoms. The molecule has 8 nitrogen and oxygen atoms in total. The molecule has 3 N–H and O–H groups in total. The SMILES string of the molecule is C=CN=C1C=C(Cl)C=C/C1=C\c1c(C)nc2c(C(N)=O)c(C)nn2c1N1CC(O)C1. The Hall–Kier alpha value is -3.23. The van der Waals surface area contributed by atoms with Gasteiger partial charge in [-0.1, -0.05) is 24.3 Å². The second-order valence-corrected chi connectivity index (χ2v) is 7.65. The number of aliphatic hydroxyl groups is 1. The smallest absolute Gasteiger partial charge is 0.254 e. The second kappa shape index (κ2) is 7.55. The topological polar surface area (TPSA) is 109 Å². The van der Waals surface area contributed by atoms with Crippen molar-refractivity contribution < 1.29 is 9.90 Å². The van der Waals surface area contributed by atoms with E-state index in [1.54, 1.807) is 23.6 Å². The third kappa shape index (κ3) is 3.34. The van der Waals surface area contributed by atoms with Crippen molar-refractivity contribution >= 4 is 40.8 Å². The predicted molar refractivity (Wildman–Crippen MR) is 118 cm³/mol. The number of halogens is 1. The number of nitrogens with zero attached hydrogens (tertiary/aromatic N) is 5. The fourth-order valence-electron chi connectivity index (χ4n) is 3.66. The number of β-amino-alcohol motifs (C(OH)–C–C–N with tert-alkyl or cyclic N) is 1. The van der Waals surface area contributed by atoms with Crippen molar-refractivity contribution in [1.29, 1.82) is 0 Å². The monoisotopic (exact) mass is 424 g/mol. The van der Waals surface area contributed by atoms with E-state index in [0.717, 1.165) is 17.0 Å². The van der Waals surface area contributed by atoms with Gasteiger partial charge in [0.25, 0.3) is 5.91 Å². The van der Waals surface area contributed by atoms with Crippen LogP contribution in [0.25, 0.3) is 11.7 Å². The maximum atomic E-state index is 12.0. The van der Waals surface area contributed by atoms with Gasteiger partial charge in [0.1, 0.15) is 11.4 Å². The predicted octanol–water partition coefficient (Wildman–Crippen LogP) is 2.29. The quantitative estimate of drug-likeness (QED) is 0.782. The molecule has 3 heterocycles. The minimum atomic E-state index is -0.578. The number of rotatable bonds is 4. The fraction of sp³-hybridized carbons (Fsp3) is 0.238. The van der Waals surface area contributed by atoms with E-state index in [9.17, 15) is 9.90 Å². The Morgan fingerprint density at radius 3 is 2.73 bits per heavy atom. The van der Waals surface area contributed by atoms with Crippen LogP contribution >= 0.6 is 11.6 Å². The van der Waals surface area contributed by atoms with Gasteiger partial charge in [0, 0.05) is 35.5 Å². The lowest BCUT2D eigenvalue weighted by atomic mass is 10.0. The number of carbonyl (C=O) groups excluding carboxylic acids is 1. The van der Waals surface area contributed by atoms with Crippen LogP contribution in [0.2, 0.25) is 0 Å². The van der Waals surface area contributed by atoms with E-state index >= 15 is 0 Å². The number of amides is 1. The third-order valence-electron chi connectivity index (χ3n) is 5.07. The van der Waals surface area contributed by atoms with Gasteiger partial charge in [-0.25, -0.2) is 4.98 Å². The molecule has 154 valence electrons. The summed E-state index contributed by atoms with van der Waals surface area (Å²) in [5.41, 5.74) is 9.76. The van der Waals surface area contributed by atoms with Crippen LogP contribution in [0, 0.1) is 13.8 Å². The molecule has 1 amide bonds. The van der Waals surface area contributed by atoms with Crippen LogP contribution in [0.4, 0.5) is 5.82 Å². The largest absolute Gasteiger partial charge is 0.389 e. The first-order chi connectivity index (χ1) is 14.3. The molecule has 0 spiro atoms. The highest BCUT2D eigenvalue weighted by molar-refractivity contribution is 6.35. The highest BCUT2D eigenvalue weighted by atomic mass is 35.5. The summed E-state index contributed by atoms with van der Waals surface area (Å²) in [6, 6.07) is 0. The van der Waals surface area contributed by atoms with Gasteiger partial charge >= 0.3 is 0 Å². The number of carbonyl (C=O) groups is 1. The van der Waals surface area contributed by atoms with E-state index in [-0.39, 0.29) is 0 Å². The molecule has 4 rings (SSSR count). The fourth-order valence-corrected chi connectivity index (χ4v) is 3.82. The first kappa shape index (κ1) is 20.1. The van der Waals surface area contributed by atoms with Crippen LogP contribution < -0.4 is 10.6 Å². The van der Waals surface area contributed by atoms with Crippen LogP contribution in [-0.2, 0) is 0 Å². The van der Waals surface area contributed by atoms with E-state index in [1.807, 2.05) is 24.0 Å². The molecule has 2 aromatic heterocycles. The molecule has 2 aliphatic rings. The zero-order valence-electron chi connectivity index (χ0n) is 16.6. The number of allylic oxidation sites excluding steroid dienone is 5. The summed E-state index contributed by atoms with van der Waals surface area (Å²) in [4.78, 5) is 22.9. The molecular formula is C21H21ClN6O2. The van der Waals surface area contributed by atoms with Gasteiger partial charge in [0.05, 0.1) is 23.2 Å². The number of aliphatic hydroxyl groups excluding tert-OH is 1. The summed E-state index contributed by atoms with van der Waals surface area (Å²) >= 11 is 6.13. The number of aromatic nitrogens is 3. The van der Waals surface area contributed by atoms with E-state index in [4.69, 9.17) is 17.3 Å². The van der Waals surface area contributed by atoms with Crippen LogP contribution in [0.15, 0.2) is 46.6 Å². The van der Waals surface area contributed by atoms with Crippen molar-refractivity contribution in [2.45, 2.75) is 20.0 Å². The lowest BCUT2D eigenvalue weighted by Crippen LogP contribution is -2.52.